The van der Waals surface area contributed by atoms with Crippen molar-refractivity contribution >= 4 is 28.6 Å². The Morgan fingerprint density at radius 2 is 1.72 bits per heavy atom. The number of carbonyl (C=O) groups excluding carboxylic acids is 1. The molecule has 3 nitrogen and oxygen atoms in total. The number of carbonyl (C=O) groups is 1. The number of hydrogen-bond donors (Lipinski definition) is 0. The fourth-order valence-corrected chi connectivity index (χ4v) is 3.32. The average molecular weight is 384 g/mol. The van der Waals surface area contributed by atoms with E-state index in [4.69, 9.17) is 9.47 Å². The summed E-state index contributed by atoms with van der Waals surface area (Å²) in [7, 11) is 0. The minimum Gasteiger partial charge on any atom is -0.494 e. The van der Waals surface area contributed by atoms with Gasteiger partial charge in [0.15, 0.2) is 0 Å². The first kappa shape index (κ1) is 19.0. The third-order valence-electron chi connectivity index (χ3n) is 4.97. The molecule has 0 atom stereocenters. The third kappa shape index (κ3) is 4.40. The molecule has 4 rings (SSSR count). The molecule has 0 fully saturated rings. The molecule has 0 saturated heterocycles. The van der Waals surface area contributed by atoms with Gasteiger partial charge in [0.2, 0.25) is 0 Å². The smallest absolute Gasteiger partial charge is 0.343 e. The van der Waals surface area contributed by atoms with Crippen LogP contribution in [0.5, 0.6) is 5.75 Å². The van der Waals surface area contributed by atoms with Gasteiger partial charge in [-0.2, -0.15) is 0 Å². The molecule has 3 aromatic carbocycles. The Hall–Kier alpha value is -3.33. The maximum atomic E-state index is 12.3. The predicted molar refractivity (Wildman–Crippen MR) is 118 cm³/mol. The van der Waals surface area contributed by atoms with E-state index in [-0.39, 0.29) is 5.97 Å². The molecule has 1 aliphatic heterocycles. The molecule has 146 valence electrons. The van der Waals surface area contributed by atoms with Crippen molar-refractivity contribution < 1.29 is 14.3 Å². The number of cyclic esters (lactones) is 1. The van der Waals surface area contributed by atoms with Crippen molar-refractivity contribution in [1.29, 1.82) is 0 Å². The van der Waals surface area contributed by atoms with E-state index in [0.29, 0.717) is 11.3 Å². The largest absolute Gasteiger partial charge is 0.494 e. The van der Waals surface area contributed by atoms with E-state index < -0.39 is 0 Å². The third-order valence-corrected chi connectivity index (χ3v) is 4.97. The summed E-state index contributed by atoms with van der Waals surface area (Å²) in [6.45, 7) is 4.94. The van der Waals surface area contributed by atoms with Gasteiger partial charge >= 0.3 is 5.97 Å². The van der Waals surface area contributed by atoms with E-state index >= 15 is 0 Å². The number of aryl methyl sites for hydroxylation is 1. The lowest BCUT2D eigenvalue weighted by molar-refractivity contribution is -0.130. The number of hydrogen-bond acceptors (Lipinski definition) is 3. The summed E-state index contributed by atoms with van der Waals surface area (Å²) in [5.74, 6) is 1.10. The molecule has 29 heavy (non-hydrogen) atoms. The normalized spacial score (nSPS) is 14.9. The molecule has 0 aromatic heterocycles. The van der Waals surface area contributed by atoms with Crippen LogP contribution in [0.25, 0.3) is 22.6 Å². The molecule has 1 aliphatic rings. The van der Waals surface area contributed by atoms with Gasteiger partial charge in [-0.3, -0.25) is 0 Å². The molecule has 0 aliphatic carbocycles. The van der Waals surface area contributed by atoms with Gasteiger partial charge in [0.1, 0.15) is 11.5 Å². The van der Waals surface area contributed by atoms with Crippen molar-refractivity contribution in [3.8, 4) is 5.75 Å². The summed E-state index contributed by atoms with van der Waals surface area (Å²) in [6, 6.07) is 20.2. The molecule has 1 heterocycles. The van der Waals surface area contributed by atoms with E-state index in [2.05, 4.69) is 44.2 Å². The Morgan fingerprint density at radius 1 is 0.966 bits per heavy atom. The maximum absolute atomic E-state index is 12.3. The summed E-state index contributed by atoms with van der Waals surface area (Å²) >= 11 is 0. The second-order valence-electron chi connectivity index (χ2n) is 7.33. The van der Waals surface area contributed by atoms with E-state index in [1.165, 1.54) is 10.9 Å². The first-order valence-corrected chi connectivity index (χ1v) is 10.0. The van der Waals surface area contributed by atoms with Gasteiger partial charge in [-0.1, -0.05) is 61.4 Å². The standard InChI is InChI=1S/C26H24O3/c1-3-4-13-28-24-11-6-19(7-12-24)15-23-17-25(29-26(23)27)22-10-9-20-14-18(2)5-8-21(20)16-22/h5-12,14-17H,3-4,13H2,1-2H3/b23-15+. The van der Waals surface area contributed by atoms with Gasteiger partial charge in [0, 0.05) is 5.56 Å². The lowest BCUT2D eigenvalue weighted by Crippen LogP contribution is -1.97. The monoisotopic (exact) mass is 384 g/mol. The fourth-order valence-electron chi connectivity index (χ4n) is 3.32. The first-order valence-electron chi connectivity index (χ1n) is 10.0. The number of esters is 1. The molecule has 0 bridgehead atoms. The highest BCUT2D eigenvalue weighted by Crippen LogP contribution is 2.30. The molecule has 3 heteroatoms. The van der Waals surface area contributed by atoms with Crippen molar-refractivity contribution in [2.75, 3.05) is 6.61 Å². The summed E-state index contributed by atoms with van der Waals surface area (Å²) < 4.78 is 11.2. The Labute approximate surface area is 171 Å². The minimum atomic E-state index is -0.327. The summed E-state index contributed by atoms with van der Waals surface area (Å²) in [4.78, 5) is 12.3. The highest BCUT2D eigenvalue weighted by molar-refractivity contribution is 6.05. The second-order valence-corrected chi connectivity index (χ2v) is 7.33. The van der Waals surface area contributed by atoms with Crippen LogP contribution in [-0.4, -0.2) is 12.6 Å². The van der Waals surface area contributed by atoms with Gasteiger partial charge in [0.25, 0.3) is 0 Å². The van der Waals surface area contributed by atoms with E-state index in [1.54, 1.807) is 0 Å². The highest BCUT2D eigenvalue weighted by atomic mass is 16.5. The highest BCUT2D eigenvalue weighted by Gasteiger charge is 2.22. The zero-order chi connectivity index (χ0) is 20.2. The van der Waals surface area contributed by atoms with Crippen molar-refractivity contribution in [2.45, 2.75) is 26.7 Å². The number of fused-ring (bicyclic) bond motifs is 1. The topological polar surface area (TPSA) is 35.5 Å². The predicted octanol–water partition coefficient (Wildman–Crippen LogP) is 6.31. The van der Waals surface area contributed by atoms with E-state index in [1.807, 2.05) is 42.5 Å². The quantitative estimate of drug-likeness (QED) is 0.284. The van der Waals surface area contributed by atoms with E-state index in [0.717, 1.165) is 41.7 Å². The van der Waals surface area contributed by atoms with Crippen molar-refractivity contribution in [1.82, 2.24) is 0 Å². The van der Waals surface area contributed by atoms with Crippen LogP contribution < -0.4 is 4.74 Å². The Bertz CT molecular complexity index is 1100. The van der Waals surface area contributed by atoms with Gasteiger partial charge in [-0.15, -0.1) is 0 Å². The Kier molecular flexibility index (Phi) is 5.48. The van der Waals surface area contributed by atoms with E-state index in [9.17, 15) is 4.79 Å². The average Bonchev–Trinajstić information content (AvgIpc) is 3.09. The molecule has 0 spiro atoms. The lowest BCUT2D eigenvalue weighted by atomic mass is 10.0. The van der Waals surface area contributed by atoms with Crippen LogP contribution in [0.2, 0.25) is 0 Å². The van der Waals surface area contributed by atoms with Gasteiger partial charge in [0.05, 0.1) is 12.2 Å². The van der Waals surface area contributed by atoms with Gasteiger partial charge in [-0.05, 0) is 60.0 Å². The van der Waals surface area contributed by atoms with Crippen LogP contribution in [0.4, 0.5) is 0 Å². The number of ether oxygens (including phenoxy) is 2. The van der Waals surface area contributed by atoms with Crippen LogP contribution in [0, 0.1) is 6.92 Å². The van der Waals surface area contributed by atoms with Crippen LogP contribution in [0.15, 0.2) is 72.3 Å². The van der Waals surface area contributed by atoms with Crippen LogP contribution in [-0.2, 0) is 9.53 Å². The van der Waals surface area contributed by atoms with Crippen molar-refractivity contribution in [3.63, 3.8) is 0 Å². The second kappa shape index (κ2) is 8.36. The molecular formula is C26H24O3. The van der Waals surface area contributed by atoms with Crippen molar-refractivity contribution in [3.05, 3.63) is 89.0 Å². The molecule has 0 saturated carbocycles. The SMILES string of the molecule is CCCCOc1ccc(/C=C2\C=C(c3ccc4cc(C)ccc4c3)OC2=O)cc1. The maximum Gasteiger partial charge on any atom is 0.343 e. The lowest BCUT2D eigenvalue weighted by Gasteiger charge is -2.05. The fraction of sp³-hybridized carbons (Fsp3) is 0.192. The summed E-state index contributed by atoms with van der Waals surface area (Å²) in [5, 5.41) is 2.30. The summed E-state index contributed by atoms with van der Waals surface area (Å²) in [6.07, 6.45) is 5.80. The molecule has 0 unspecified atom stereocenters. The molecule has 0 amide bonds. The molecule has 0 N–H and O–H groups in total. The van der Waals surface area contributed by atoms with Gasteiger partial charge in [-0.25, -0.2) is 4.79 Å². The number of rotatable bonds is 6. The van der Waals surface area contributed by atoms with Crippen LogP contribution in [0.3, 0.4) is 0 Å². The molecular weight excluding hydrogens is 360 g/mol. The first-order chi connectivity index (χ1) is 14.1. The van der Waals surface area contributed by atoms with Gasteiger partial charge < -0.3 is 9.47 Å². The number of unbranched alkanes of at least 4 members (excludes halogenated alkanes) is 1. The number of benzene rings is 3. The summed E-state index contributed by atoms with van der Waals surface area (Å²) in [5.41, 5.74) is 3.61. The zero-order valence-corrected chi connectivity index (χ0v) is 16.8. The Balaban J connectivity index is 1.55. The van der Waals surface area contributed by atoms with Crippen LogP contribution >= 0.6 is 0 Å². The minimum absolute atomic E-state index is 0.327. The Morgan fingerprint density at radius 3 is 2.52 bits per heavy atom. The van der Waals surface area contributed by atoms with Crippen molar-refractivity contribution in [2.24, 2.45) is 0 Å². The zero-order valence-electron chi connectivity index (χ0n) is 16.8. The molecule has 3 aromatic rings. The molecule has 0 radical (unpaired) electrons. The van der Waals surface area contributed by atoms with Crippen LogP contribution in [0.1, 0.15) is 36.5 Å².